The smallest absolute Gasteiger partial charge is 0.337 e. The molecule has 1 aromatic heterocycles. The normalized spacial score (nSPS) is 12.0. The predicted molar refractivity (Wildman–Crippen MR) is 86.0 cm³/mol. The van der Waals surface area contributed by atoms with Crippen LogP contribution in [0.4, 0.5) is 0 Å². The van der Waals surface area contributed by atoms with Gasteiger partial charge in [-0.15, -0.1) is 0 Å². The van der Waals surface area contributed by atoms with Crippen LogP contribution in [0.3, 0.4) is 0 Å². The molecule has 23 heavy (non-hydrogen) atoms. The quantitative estimate of drug-likeness (QED) is 0.655. The Morgan fingerprint density at radius 2 is 2.00 bits per heavy atom. The van der Waals surface area contributed by atoms with Gasteiger partial charge in [0.1, 0.15) is 0 Å². The number of hydrogen-bond donors (Lipinski definition) is 1. The molecule has 0 aliphatic rings. The SMILES string of the molecule is CC(COC(=O)C=Cc1ccccc1)c1ccncc1C(=O)O. The molecule has 118 valence electrons. The van der Waals surface area contributed by atoms with Gasteiger partial charge < -0.3 is 9.84 Å². The number of carboxylic acid groups (broad SMARTS) is 1. The molecule has 0 aliphatic heterocycles. The van der Waals surface area contributed by atoms with Crippen molar-refractivity contribution in [3.8, 4) is 0 Å². The Morgan fingerprint density at radius 3 is 2.70 bits per heavy atom. The number of rotatable bonds is 6. The molecule has 0 saturated heterocycles. The number of carbonyl (C=O) groups is 2. The summed E-state index contributed by atoms with van der Waals surface area (Å²) in [6.45, 7) is 1.90. The van der Waals surface area contributed by atoms with Gasteiger partial charge in [-0.2, -0.15) is 0 Å². The van der Waals surface area contributed by atoms with E-state index in [9.17, 15) is 9.59 Å². The molecule has 0 saturated carbocycles. The molecule has 2 aromatic rings. The van der Waals surface area contributed by atoms with E-state index in [1.54, 1.807) is 19.1 Å². The average molecular weight is 311 g/mol. The Balaban J connectivity index is 1.94. The van der Waals surface area contributed by atoms with Crippen LogP contribution in [0.5, 0.6) is 0 Å². The van der Waals surface area contributed by atoms with Crippen molar-refractivity contribution in [1.82, 2.24) is 4.98 Å². The molecule has 1 unspecified atom stereocenters. The van der Waals surface area contributed by atoms with Gasteiger partial charge in [-0.25, -0.2) is 9.59 Å². The summed E-state index contributed by atoms with van der Waals surface area (Å²) in [7, 11) is 0. The maximum Gasteiger partial charge on any atom is 0.337 e. The summed E-state index contributed by atoms with van der Waals surface area (Å²) < 4.78 is 5.18. The van der Waals surface area contributed by atoms with Crippen LogP contribution in [0.1, 0.15) is 34.3 Å². The van der Waals surface area contributed by atoms with E-state index in [4.69, 9.17) is 9.84 Å². The number of esters is 1. The Kier molecular flexibility index (Phi) is 5.63. The Hall–Kier alpha value is -2.95. The van der Waals surface area contributed by atoms with Crippen LogP contribution < -0.4 is 0 Å². The minimum Gasteiger partial charge on any atom is -0.478 e. The summed E-state index contributed by atoms with van der Waals surface area (Å²) in [5.41, 5.74) is 1.61. The van der Waals surface area contributed by atoms with E-state index in [2.05, 4.69) is 4.98 Å². The number of carbonyl (C=O) groups excluding carboxylic acids is 1. The first-order valence-electron chi connectivity index (χ1n) is 7.15. The molecular weight excluding hydrogens is 294 g/mol. The molecular formula is C18H17NO4. The molecule has 0 radical (unpaired) electrons. The van der Waals surface area contributed by atoms with Crippen LogP contribution in [-0.4, -0.2) is 28.6 Å². The van der Waals surface area contributed by atoms with Crippen molar-refractivity contribution >= 4 is 18.0 Å². The summed E-state index contributed by atoms with van der Waals surface area (Å²) >= 11 is 0. The highest BCUT2D eigenvalue weighted by atomic mass is 16.5. The van der Waals surface area contributed by atoms with E-state index in [1.807, 2.05) is 30.3 Å². The van der Waals surface area contributed by atoms with Crippen molar-refractivity contribution in [3.63, 3.8) is 0 Å². The van der Waals surface area contributed by atoms with Gasteiger partial charge in [0.05, 0.1) is 12.2 Å². The fourth-order valence-electron chi connectivity index (χ4n) is 2.09. The second-order valence-electron chi connectivity index (χ2n) is 5.04. The van der Waals surface area contributed by atoms with Gasteiger partial charge >= 0.3 is 11.9 Å². The van der Waals surface area contributed by atoms with Gasteiger partial charge in [-0.05, 0) is 23.3 Å². The molecule has 1 aromatic carbocycles. The van der Waals surface area contributed by atoms with Gasteiger partial charge in [-0.1, -0.05) is 37.3 Å². The van der Waals surface area contributed by atoms with Crippen molar-refractivity contribution in [2.45, 2.75) is 12.8 Å². The number of benzene rings is 1. The van der Waals surface area contributed by atoms with Gasteiger partial charge in [0, 0.05) is 24.4 Å². The monoisotopic (exact) mass is 311 g/mol. The van der Waals surface area contributed by atoms with Crippen molar-refractivity contribution < 1.29 is 19.4 Å². The van der Waals surface area contributed by atoms with E-state index in [1.165, 1.54) is 18.5 Å². The highest BCUT2D eigenvalue weighted by Crippen LogP contribution is 2.19. The highest BCUT2D eigenvalue weighted by molar-refractivity contribution is 5.89. The molecule has 5 nitrogen and oxygen atoms in total. The van der Waals surface area contributed by atoms with Crippen LogP contribution >= 0.6 is 0 Å². The van der Waals surface area contributed by atoms with Gasteiger partial charge in [0.2, 0.25) is 0 Å². The molecule has 0 aliphatic carbocycles. The van der Waals surface area contributed by atoms with Gasteiger partial charge in [0.15, 0.2) is 0 Å². The Labute approximate surface area is 134 Å². The molecule has 5 heteroatoms. The Bertz CT molecular complexity index is 710. The lowest BCUT2D eigenvalue weighted by Crippen LogP contribution is -2.12. The zero-order chi connectivity index (χ0) is 16.7. The van der Waals surface area contributed by atoms with Gasteiger partial charge in [-0.3, -0.25) is 4.98 Å². The summed E-state index contributed by atoms with van der Waals surface area (Å²) in [6, 6.07) is 11.0. The summed E-state index contributed by atoms with van der Waals surface area (Å²) in [5, 5.41) is 9.14. The average Bonchev–Trinajstić information content (AvgIpc) is 2.58. The van der Waals surface area contributed by atoms with E-state index in [0.717, 1.165) is 5.56 Å². The lowest BCUT2D eigenvalue weighted by Gasteiger charge is -2.13. The minimum absolute atomic E-state index is 0.0995. The number of carboxylic acids is 1. The highest BCUT2D eigenvalue weighted by Gasteiger charge is 2.16. The topological polar surface area (TPSA) is 76.5 Å². The van der Waals surface area contributed by atoms with Crippen molar-refractivity contribution in [1.29, 1.82) is 0 Å². The third-order valence-electron chi connectivity index (χ3n) is 3.30. The molecule has 1 N–H and O–H groups in total. The maximum absolute atomic E-state index is 11.7. The fourth-order valence-corrected chi connectivity index (χ4v) is 2.09. The number of aromatic nitrogens is 1. The zero-order valence-electron chi connectivity index (χ0n) is 12.7. The fraction of sp³-hybridized carbons (Fsp3) is 0.167. The first-order chi connectivity index (χ1) is 11.1. The largest absolute Gasteiger partial charge is 0.478 e. The molecule has 1 atom stereocenters. The third kappa shape index (κ3) is 4.78. The second kappa shape index (κ2) is 7.89. The lowest BCUT2D eigenvalue weighted by molar-refractivity contribution is -0.138. The number of pyridine rings is 1. The lowest BCUT2D eigenvalue weighted by atomic mass is 9.98. The predicted octanol–water partition coefficient (Wildman–Crippen LogP) is 3.14. The van der Waals surface area contributed by atoms with Crippen LogP contribution in [0, 0.1) is 0 Å². The Morgan fingerprint density at radius 1 is 1.26 bits per heavy atom. The van der Waals surface area contributed by atoms with Crippen LogP contribution in [-0.2, 0) is 9.53 Å². The second-order valence-corrected chi connectivity index (χ2v) is 5.04. The van der Waals surface area contributed by atoms with Crippen LogP contribution in [0.15, 0.2) is 54.9 Å². The number of aromatic carboxylic acids is 1. The number of hydrogen-bond acceptors (Lipinski definition) is 4. The molecule has 1 heterocycles. The standard InChI is InChI=1S/C18H17NO4/c1-13(15-9-10-19-11-16(15)18(21)22)12-23-17(20)8-7-14-5-3-2-4-6-14/h2-11,13H,12H2,1H3,(H,21,22). The zero-order valence-corrected chi connectivity index (χ0v) is 12.7. The molecule has 0 spiro atoms. The maximum atomic E-state index is 11.7. The molecule has 0 amide bonds. The van der Waals surface area contributed by atoms with Crippen LogP contribution in [0.25, 0.3) is 6.08 Å². The van der Waals surface area contributed by atoms with E-state index in [-0.39, 0.29) is 18.1 Å². The molecule has 2 rings (SSSR count). The van der Waals surface area contributed by atoms with Crippen molar-refractivity contribution in [2.24, 2.45) is 0 Å². The summed E-state index contributed by atoms with van der Waals surface area (Å²) in [4.78, 5) is 26.7. The van der Waals surface area contributed by atoms with E-state index in [0.29, 0.717) is 5.56 Å². The first kappa shape index (κ1) is 16.4. The third-order valence-corrected chi connectivity index (χ3v) is 3.30. The first-order valence-corrected chi connectivity index (χ1v) is 7.15. The van der Waals surface area contributed by atoms with Crippen molar-refractivity contribution in [3.05, 3.63) is 71.6 Å². The van der Waals surface area contributed by atoms with Crippen molar-refractivity contribution in [2.75, 3.05) is 6.61 Å². The molecule has 0 fully saturated rings. The summed E-state index contributed by atoms with van der Waals surface area (Å²) in [6.07, 6.45) is 5.84. The van der Waals surface area contributed by atoms with E-state index < -0.39 is 11.9 Å². The summed E-state index contributed by atoms with van der Waals surface area (Å²) in [5.74, 6) is -1.75. The molecule has 0 bridgehead atoms. The number of ether oxygens (including phenoxy) is 1. The van der Waals surface area contributed by atoms with Gasteiger partial charge in [0.25, 0.3) is 0 Å². The number of nitrogens with zero attached hydrogens (tertiary/aromatic N) is 1. The van der Waals surface area contributed by atoms with Crippen LogP contribution in [0.2, 0.25) is 0 Å². The minimum atomic E-state index is -1.05. The van der Waals surface area contributed by atoms with E-state index >= 15 is 0 Å².